The van der Waals surface area contributed by atoms with Gasteiger partial charge in [-0.15, -0.1) is 0 Å². The summed E-state index contributed by atoms with van der Waals surface area (Å²) in [5, 5.41) is 9.67. The van der Waals surface area contributed by atoms with Crippen molar-refractivity contribution < 1.29 is 9.90 Å². The quantitative estimate of drug-likeness (QED) is 0.831. The number of aromatic nitrogens is 1. The summed E-state index contributed by atoms with van der Waals surface area (Å²) in [7, 11) is 0. The summed E-state index contributed by atoms with van der Waals surface area (Å²) in [6, 6.07) is 3.11. The lowest BCUT2D eigenvalue weighted by Gasteiger charge is -2.42. The summed E-state index contributed by atoms with van der Waals surface area (Å²) in [4.78, 5) is 20.3. The first-order valence-electron chi connectivity index (χ1n) is 6.58. The predicted octanol–water partition coefficient (Wildman–Crippen LogP) is 1.34. The molecule has 0 aromatic carbocycles. The minimum absolute atomic E-state index is 0.0502. The van der Waals surface area contributed by atoms with Crippen molar-refractivity contribution >= 4 is 5.91 Å². The van der Waals surface area contributed by atoms with E-state index < -0.39 is 0 Å². The Morgan fingerprint density at radius 3 is 2.42 bits per heavy atom. The van der Waals surface area contributed by atoms with Crippen LogP contribution in [0.25, 0.3) is 0 Å². The van der Waals surface area contributed by atoms with Gasteiger partial charge in [-0.1, -0.05) is 0 Å². The van der Waals surface area contributed by atoms with Crippen molar-refractivity contribution in [3.63, 3.8) is 0 Å². The molecule has 1 aliphatic heterocycles. The molecule has 1 aromatic heterocycles. The van der Waals surface area contributed by atoms with Crippen LogP contribution in [0, 0.1) is 0 Å². The molecule has 0 saturated carbocycles. The summed E-state index contributed by atoms with van der Waals surface area (Å²) in [6.45, 7) is 9.57. The molecule has 104 valence electrons. The van der Waals surface area contributed by atoms with Crippen LogP contribution in [0.4, 0.5) is 0 Å². The predicted molar refractivity (Wildman–Crippen MR) is 73.1 cm³/mol. The van der Waals surface area contributed by atoms with Crippen molar-refractivity contribution in [1.29, 1.82) is 0 Å². The zero-order valence-electron chi connectivity index (χ0n) is 11.8. The molecule has 19 heavy (non-hydrogen) atoms. The van der Waals surface area contributed by atoms with Gasteiger partial charge in [-0.2, -0.15) is 0 Å². The summed E-state index contributed by atoms with van der Waals surface area (Å²) in [6.07, 6.45) is 1.53. The molecule has 0 atom stereocenters. The molecular formula is C14H21N3O2. The standard InChI is InChI=1S/C14H21N3O2/c1-14(2,3)17-9-7-16(8-10-17)13(19)12-11(18)5-4-6-15-12/h4-6,18H,7-10H2,1-3H3. The van der Waals surface area contributed by atoms with E-state index in [1.54, 1.807) is 11.0 Å². The fourth-order valence-electron chi connectivity index (χ4n) is 2.29. The molecule has 1 aliphatic rings. The van der Waals surface area contributed by atoms with E-state index in [-0.39, 0.29) is 22.9 Å². The van der Waals surface area contributed by atoms with Crippen LogP contribution in [0.15, 0.2) is 18.3 Å². The Bertz CT molecular complexity index is 460. The van der Waals surface area contributed by atoms with Gasteiger partial charge in [0.25, 0.3) is 5.91 Å². The van der Waals surface area contributed by atoms with Crippen molar-refractivity contribution in [1.82, 2.24) is 14.8 Å². The number of carbonyl (C=O) groups is 1. The van der Waals surface area contributed by atoms with Gasteiger partial charge >= 0.3 is 0 Å². The van der Waals surface area contributed by atoms with Crippen LogP contribution in [-0.4, -0.2) is 57.5 Å². The van der Waals surface area contributed by atoms with Crippen LogP contribution in [-0.2, 0) is 0 Å². The van der Waals surface area contributed by atoms with E-state index in [1.807, 2.05) is 0 Å². The first-order valence-corrected chi connectivity index (χ1v) is 6.58. The van der Waals surface area contributed by atoms with Crippen LogP contribution in [0.2, 0.25) is 0 Å². The van der Waals surface area contributed by atoms with Crippen LogP contribution >= 0.6 is 0 Å². The maximum atomic E-state index is 12.3. The Kier molecular flexibility index (Phi) is 3.75. The lowest BCUT2D eigenvalue weighted by atomic mass is 10.0. The summed E-state index contributed by atoms with van der Waals surface area (Å²) in [5.74, 6) is -0.239. The van der Waals surface area contributed by atoms with Gasteiger partial charge in [0.2, 0.25) is 0 Å². The number of hydrogen-bond donors (Lipinski definition) is 1. The van der Waals surface area contributed by atoms with Crippen molar-refractivity contribution in [2.45, 2.75) is 26.3 Å². The molecule has 1 amide bonds. The van der Waals surface area contributed by atoms with Gasteiger partial charge in [-0.25, -0.2) is 4.98 Å². The highest BCUT2D eigenvalue weighted by atomic mass is 16.3. The molecule has 0 bridgehead atoms. The van der Waals surface area contributed by atoms with E-state index >= 15 is 0 Å². The third-order valence-electron chi connectivity index (χ3n) is 3.50. The maximum absolute atomic E-state index is 12.3. The van der Waals surface area contributed by atoms with Gasteiger partial charge in [0.1, 0.15) is 5.75 Å². The van der Waals surface area contributed by atoms with E-state index in [1.165, 1.54) is 12.3 Å². The van der Waals surface area contributed by atoms with Gasteiger partial charge in [-0.3, -0.25) is 9.69 Å². The first-order chi connectivity index (χ1) is 8.89. The summed E-state index contributed by atoms with van der Waals surface area (Å²) in [5.41, 5.74) is 0.272. The van der Waals surface area contributed by atoms with Gasteiger partial charge in [0, 0.05) is 37.9 Å². The summed E-state index contributed by atoms with van der Waals surface area (Å²) < 4.78 is 0. The van der Waals surface area contributed by atoms with Crippen molar-refractivity contribution in [2.24, 2.45) is 0 Å². The highest BCUT2D eigenvalue weighted by Gasteiger charge is 2.29. The number of amides is 1. The monoisotopic (exact) mass is 263 g/mol. The van der Waals surface area contributed by atoms with E-state index in [9.17, 15) is 9.90 Å². The Morgan fingerprint density at radius 2 is 1.89 bits per heavy atom. The molecule has 0 spiro atoms. The second kappa shape index (κ2) is 5.17. The molecule has 1 fully saturated rings. The largest absolute Gasteiger partial charge is 0.505 e. The SMILES string of the molecule is CC(C)(C)N1CCN(C(=O)c2ncccc2O)CC1. The molecular weight excluding hydrogens is 242 g/mol. The Balaban J connectivity index is 2.03. The lowest BCUT2D eigenvalue weighted by Crippen LogP contribution is -2.54. The molecule has 0 aliphatic carbocycles. The lowest BCUT2D eigenvalue weighted by molar-refractivity contribution is 0.0444. The second-order valence-electron chi connectivity index (χ2n) is 5.82. The number of aromatic hydroxyl groups is 1. The summed E-state index contributed by atoms with van der Waals surface area (Å²) >= 11 is 0. The fourth-order valence-corrected chi connectivity index (χ4v) is 2.29. The van der Waals surface area contributed by atoms with Gasteiger partial charge in [0.15, 0.2) is 5.69 Å². The minimum Gasteiger partial charge on any atom is -0.505 e. The highest BCUT2D eigenvalue weighted by molar-refractivity contribution is 5.94. The Morgan fingerprint density at radius 1 is 1.26 bits per heavy atom. The van der Waals surface area contributed by atoms with Crippen molar-refractivity contribution in [2.75, 3.05) is 26.2 Å². The molecule has 2 heterocycles. The number of piperazine rings is 1. The Hall–Kier alpha value is -1.62. The van der Waals surface area contributed by atoms with Crippen LogP contribution in [0.1, 0.15) is 31.3 Å². The first kappa shape index (κ1) is 13.8. The highest BCUT2D eigenvalue weighted by Crippen LogP contribution is 2.19. The van der Waals surface area contributed by atoms with E-state index in [4.69, 9.17) is 0 Å². The smallest absolute Gasteiger partial charge is 0.276 e. The van der Waals surface area contributed by atoms with Crippen molar-refractivity contribution in [3.05, 3.63) is 24.0 Å². The Labute approximate surface area is 113 Å². The van der Waals surface area contributed by atoms with E-state index in [2.05, 4.69) is 30.7 Å². The number of carbonyl (C=O) groups excluding carboxylic acids is 1. The van der Waals surface area contributed by atoms with Gasteiger partial charge < -0.3 is 10.0 Å². The third kappa shape index (κ3) is 3.04. The normalized spacial score (nSPS) is 17.5. The number of nitrogens with zero attached hydrogens (tertiary/aromatic N) is 3. The average molecular weight is 263 g/mol. The number of rotatable bonds is 1. The van der Waals surface area contributed by atoms with Crippen LogP contribution < -0.4 is 0 Å². The number of pyridine rings is 1. The van der Waals surface area contributed by atoms with Gasteiger partial charge in [0.05, 0.1) is 0 Å². The molecule has 5 heteroatoms. The van der Waals surface area contributed by atoms with Crippen molar-refractivity contribution in [3.8, 4) is 5.75 Å². The maximum Gasteiger partial charge on any atom is 0.276 e. The molecule has 0 radical (unpaired) electrons. The molecule has 5 nitrogen and oxygen atoms in total. The third-order valence-corrected chi connectivity index (χ3v) is 3.50. The van der Waals surface area contributed by atoms with Crippen LogP contribution in [0.5, 0.6) is 5.75 Å². The molecule has 1 saturated heterocycles. The van der Waals surface area contributed by atoms with Gasteiger partial charge in [-0.05, 0) is 32.9 Å². The van der Waals surface area contributed by atoms with E-state index in [0.717, 1.165) is 13.1 Å². The zero-order valence-corrected chi connectivity index (χ0v) is 11.8. The number of hydrogen-bond acceptors (Lipinski definition) is 4. The molecule has 1 N–H and O–H groups in total. The minimum atomic E-state index is -0.188. The molecule has 2 rings (SSSR count). The molecule has 1 aromatic rings. The second-order valence-corrected chi connectivity index (χ2v) is 5.82. The molecule has 0 unspecified atom stereocenters. The zero-order chi connectivity index (χ0) is 14.0. The van der Waals surface area contributed by atoms with Crippen LogP contribution in [0.3, 0.4) is 0 Å². The van der Waals surface area contributed by atoms with E-state index in [0.29, 0.717) is 13.1 Å². The fraction of sp³-hybridized carbons (Fsp3) is 0.571. The average Bonchev–Trinajstić information content (AvgIpc) is 2.38. The topological polar surface area (TPSA) is 56.7 Å².